The zero-order valence-electron chi connectivity index (χ0n) is 13.6. The number of nitrogens with one attached hydrogen (secondary N) is 1. The second-order valence-corrected chi connectivity index (χ2v) is 7.61. The van der Waals surface area contributed by atoms with E-state index in [-0.39, 0.29) is 0 Å². The molecule has 1 rings (SSSR count). The molecule has 0 bridgehead atoms. The number of hydrogen-bond donors (Lipinski definition) is 1. The highest BCUT2D eigenvalue weighted by Crippen LogP contribution is 2.32. The van der Waals surface area contributed by atoms with Crippen LogP contribution in [0.4, 0.5) is 0 Å². The van der Waals surface area contributed by atoms with Crippen molar-refractivity contribution in [1.82, 2.24) is 10.2 Å². The summed E-state index contributed by atoms with van der Waals surface area (Å²) in [6, 6.07) is 2.64. The maximum atomic E-state index is 3.76. The molecule has 2 heteroatoms. The molecule has 1 heterocycles. The lowest BCUT2D eigenvalue weighted by Crippen LogP contribution is -2.49. The van der Waals surface area contributed by atoms with Crippen molar-refractivity contribution in [3.63, 3.8) is 0 Å². The van der Waals surface area contributed by atoms with E-state index in [1.165, 1.54) is 25.8 Å². The molecular formula is C16H34N2. The van der Waals surface area contributed by atoms with E-state index in [1.807, 2.05) is 0 Å². The highest BCUT2D eigenvalue weighted by molar-refractivity contribution is 4.91. The van der Waals surface area contributed by atoms with Gasteiger partial charge in [-0.05, 0) is 45.1 Å². The van der Waals surface area contributed by atoms with Crippen molar-refractivity contribution < 1.29 is 0 Å². The molecule has 1 aliphatic rings. The molecule has 1 N–H and O–H groups in total. The minimum absolute atomic E-state index is 0.367. The quantitative estimate of drug-likeness (QED) is 0.827. The van der Waals surface area contributed by atoms with Gasteiger partial charge in [-0.15, -0.1) is 0 Å². The molecule has 1 aliphatic heterocycles. The van der Waals surface area contributed by atoms with Crippen LogP contribution in [0.1, 0.15) is 67.7 Å². The Morgan fingerprint density at radius 2 is 1.72 bits per heavy atom. The minimum atomic E-state index is 0.367. The normalized spacial score (nSPS) is 27.8. The fraction of sp³-hybridized carbons (Fsp3) is 1.00. The van der Waals surface area contributed by atoms with Crippen LogP contribution in [0, 0.1) is 5.41 Å². The molecule has 0 spiro atoms. The zero-order valence-corrected chi connectivity index (χ0v) is 13.6. The lowest BCUT2D eigenvalue weighted by Gasteiger charge is -2.42. The minimum Gasteiger partial charge on any atom is -0.312 e. The van der Waals surface area contributed by atoms with Gasteiger partial charge in [0.05, 0.1) is 0 Å². The molecule has 18 heavy (non-hydrogen) atoms. The van der Waals surface area contributed by atoms with Crippen LogP contribution in [0.25, 0.3) is 0 Å². The summed E-state index contributed by atoms with van der Waals surface area (Å²) in [5.41, 5.74) is 0.367. The third-order valence-electron chi connectivity index (χ3n) is 4.11. The molecule has 2 nitrogen and oxygen atoms in total. The van der Waals surface area contributed by atoms with E-state index in [1.54, 1.807) is 0 Å². The van der Waals surface area contributed by atoms with Gasteiger partial charge in [0.25, 0.3) is 0 Å². The molecule has 0 amide bonds. The molecule has 0 aromatic rings. The van der Waals surface area contributed by atoms with E-state index in [2.05, 4.69) is 58.7 Å². The van der Waals surface area contributed by atoms with Crippen LogP contribution >= 0.6 is 0 Å². The summed E-state index contributed by atoms with van der Waals surface area (Å²) in [7, 11) is 0. The van der Waals surface area contributed by atoms with Gasteiger partial charge < -0.3 is 5.32 Å². The zero-order chi connectivity index (χ0) is 13.9. The molecule has 2 unspecified atom stereocenters. The van der Waals surface area contributed by atoms with E-state index in [0.717, 1.165) is 0 Å². The van der Waals surface area contributed by atoms with Gasteiger partial charge in [0, 0.05) is 24.2 Å². The van der Waals surface area contributed by atoms with Crippen LogP contribution in [-0.2, 0) is 0 Å². The van der Waals surface area contributed by atoms with Gasteiger partial charge in [-0.2, -0.15) is 0 Å². The van der Waals surface area contributed by atoms with E-state index in [0.29, 0.717) is 29.6 Å². The highest BCUT2D eigenvalue weighted by Gasteiger charge is 2.35. The Labute approximate surface area is 115 Å². The molecular weight excluding hydrogens is 220 g/mol. The van der Waals surface area contributed by atoms with Crippen LogP contribution < -0.4 is 5.32 Å². The summed E-state index contributed by atoms with van der Waals surface area (Å²) in [6.07, 6.45) is 3.95. The van der Waals surface area contributed by atoms with Crippen molar-refractivity contribution in [3.8, 4) is 0 Å². The molecule has 0 aliphatic carbocycles. The summed E-state index contributed by atoms with van der Waals surface area (Å²) in [6.45, 7) is 17.6. The lowest BCUT2D eigenvalue weighted by atomic mass is 9.81. The van der Waals surface area contributed by atoms with Crippen molar-refractivity contribution in [2.24, 2.45) is 5.41 Å². The van der Waals surface area contributed by atoms with Crippen LogP contribution in [0.5, 0.6) is 0 Å². The summed E-state index contributed by atoms with van der Waals surface area (Å²) in [5.74, 6) is 0. The first kappa shape index (κ1) is 16.0. The topological polar surface area (TPSA) is 15.3 Å². The van der Waals surface area contributed by atoms with Crippen LogP contribution in [0.2, 0.25) is 0 Å². The van der Waals surface area contributed by atoms with E-state index in [9.17, 15) is 0 Å². The first-order valence-corrected chi connectivity index (χ1v) is 7.73. The summed E-state index contributed by atoms with van der Waals surface area (Å²) in [4.78, 5) is 2.72. The number of rotatable bonds is 3. The van der Waals surface area contributed by atoms with Gasteiger partial charge in [-0.1, -0.05) is 34.6 Å². The molecule has 1 saturated heterocycles. The molecule has 0 saturated carbocycles. The Hall–Kier alpha value is -0.0800. The van der Waals surface area contributed by atoms with Gasteiger partial charge in [-0.25, -0.2) is 0 Å². The standard InChI is InChI=1S/C16H34N2/c1-12(2)17-14-9-8-10-18(13(3)4)15(11-14)16(5,6)7/h12-15,17H,8-11H2,1-7H3. The fourth-order valence-electron chi connectivity index (χ4n) is 3.29. The Balaban J connectivity index is 2.81. The van der Waals surface area contributed by atoms with Gasteiger partial charge in [0.1, 0.15) is 0 Å². The maximum absolute atomic E-state index is 3.76. The summed E-state index contributed by atoms with van der Waals surface area (Å²) in [5, 5.41) is 3.76. The van der Waals surface area contributed by atoms with Crippen molar-refractivity contribution >= 4 is 0 Å². The third-order valence-corrected chi connectivity index (χ3v) is 4.11. The van der Waals surface area contributed by atoms with Crippen molar-refractivity contribution in [1.29, 1.82) is 0 Å². The highest BCUT2D eigenvalue weighted by atomic mass is 15.2. The Kier molecular flexibility index (Phi) is 5.67. The van der Waals surface area contributed by atoms with Gasteiger partial charge in [0.2, 0.25) is 0 Å². The molecule has 2 atom stereocenters. The number of likely N-dealkylation sites (tertiary alicyclic amines) is 1. The molecule has 108 valence electrons. The Morgan fingerprint density at radius 1 is 1.11 bits per heavy atom. The molecule has 0 aromatic heterocycles. The Morgan fingerprint density at radius 3 is 2.17 bits per heavy atom. The first-order chi connectivity index (χ1) is 8.21. The fourth-order valence-corrected chi connectivity index (χ4v) is 3.29. The monoisotopic (exact) mass is 254 g/mol. The van der Waals surface area contributed by atoms with Crippen LogP contribution in [0.3, 0.4) is 0 Å². The third kappa shape index (κ3) is 4.55. The second-order valence-electron chi connectivity index (χ2n) is 7.61. The SMILES string of the molecule is CC(C)NC1CCCN(C(C)C)C(C(C)(C)C)C1. The van der Waals surface area contributed by atoms with E-state index < -0.39 is 0 Å². The van der Waals surface area contributed by atoms with Crippen LogP contribution in [0.15, 0.2) is 0 Å². The molecule has 0 radical (unpaired) electrons. The number of hydrogen-bond acceptors (Lipinski definition) is 2. The molecule has 1 fully saturated rings. The van der Waals surface area contributed by atoms with Gasteiger partial charge in [0.15, 0.2) is 0 Å². The molecule has 0 aromatic carbocycles. The smallest absolute Gasteiger partial charge is 0.0161 e. The largest absolute Gasteiger partial charge is 0.312 e. The predicted octanol–water partition coefficient (Wildman–Crippen LogP) is 3.66. The van der Waals surface area contributed by atoms with Gasteiger partial charge in [-0.3, -0.25) is 4.90 Å². The predicted molar refractivity (Wildman–Crippen MR) is 81.0 cm³/mol. The van der Waals surface area contributed by atoms with E-state index in [4.69, 9.17) is 0 Å². The average Bonchev–Trinajstić information content (AvgIpc) is 2.38. The second kappa shape index (κ2) is 6.38. The van der Waals surface area contributed by atoms with E-state index >= 15 is 0 Å². The average molecular weight is 254 g/mol. The van der Waals surface area contributed by atoms with Crippen LogP contribution in [-0.4, -0.2) is 35.6 Å². The Bertz CT molecular complexity index is 240. The first-order valence-electron chi connectivity index (χ1n) is 7.73. The van der Waals surface area contributed by atoms with Crippen molar-refractivity contribution in [2.75, 3.05) is 6.54 Å². The summed E-state index contributed by atoms with van der Waals surface area (Å²) < 4.78 is 0. The number of nitrogens with zero attached hydrogens (tertiary/aromatic N) is 1. The van der Waals surface area contributed by atoms with Crippen molar-refractivity contribution in [2.45, 2.75) is 91.9 Å². The lowest BCUT2D eigenvalue weighted by molar-refractivity contribution is 0.0685. The summed E-state index contributed by atoms with van der Waals surface area (Å²) >= 11 is 0. The maximum Gasteiger partial charge on any atom is 0.0161 e. The van der Waals surface area contributed by atoms with Gasteiger partial charge >= 0.3 is 0 Å². The van der Waals surface area contributed by atoms with Crippen molar-refractivity contribution in [3.05, 3.63) is 0 Å².